The van der Waals surface area contributed by atoms with E-state index in [-0.39, 0.29) is 5.69 Å². The molecule has 3 heterocycles. The van der Waals surface area contributed by atoms with E-state index < -0.39 is 5.60 Å². The number of aromatic nitrogens is 5. The first-order valence-corrected chi connectivity index (χ1v) is 10.9. The number of para-hydroxylation sites is 2. The van der Waals surface area contributed by atoms with E-state index in [9.17, 15) is 9.90 Å². The van der Waals surface area contributed by atoms with Gasteiger partial charge in [-0.1, -0.05) is 12.1 Å². The van der Waals surface area contributed by atoms with Gasteiger partial charge in [-0.3, -0.25) is 9.13 Å². The van der Waals surface area contributed by atoms with Crippen molar-refractivity contribution in [3.63, 3.8) is 0 Å². The van der Waals surface area contributed by atoms with Crippen molar-refractivity contribution in [3.05, 3.63) is 77.3 Å². The number of benzene rings is 2. The minimum atomic E-state index is -0.937. The fourth-order valence-electron chi connectivity index (χ4n) is 4.06. The summed E-state index contributed by atoms with van der Waals surface area (Å²) in [6.07, 6.45) is 1.68. The maximum atomic E-state index is 13.0. The summed E-state index contributed by atoms with van der Waals surface area (Å²) >= 11 is 0. The van der Waals surface area contributed by atoms with Gasteiger partial charge in [-0.05, 0) is 69.3 Å². The van der Waals surface area contributed by atoms with Gasteiger partial charge in [-0.25, -0.2) is 14.3 Å². The van der Waals surface area contributed by atoms with Crippen LogP contribution in [0.1, 0.15) is 20.8 Å². The Balaban J connectivity index is 1.52. The number of rotatable bonds is 6. The minimum absolute atomic E-state index is 0.133. The van der Waals surface area contributed by atoms with Gasteiger partial charge in [0, 0.05) is 12.7 Å². The summed E-state index contributed by atoms with van der Waals surface area (Å²) in [5, 5.41) is 10.4. The van der Waals surface area contributed by atoms with Gasteiger partial charge in [0.05, 0.1) is 34.4 Å². The van der Waals surface area contributed by atoms with Crippen molar-refractivity contribution < 1.29 is 9.84 Å². The van der Waals surface area contributed by atoms with Crippen LogP contribution < -0.4 is 10.4 Å². The molecule has 0 radical (unpaired) electrons. The third kappa shape index (κ3) is 3.78. The van der Waals surface area contributed by atoms with E-state index in [0.717, 1.165) is 16.6 Å². The highest BCUT2D eigenvalue weighted by Gasteiger charge is 2.20. The zero-order chi connectivity index (χ0) is 23.2. The number of nitrogens with zero attached hydrogens (tertiary/aromatic N) is 5. The lowest BCUT2D eigenvalue weighted by Crippen LogP contribution is -2.26. The number of ether oxygens (including phenoxy) is 1. The summed E-state index contributed by atoms with van der Waals surface area (Å²) in [5.41, 5.74) is 2.72. The number of fused-ring (bicyclic) bond motifs is 2. The predicted octanol–water partition coefficient (Wildman–Crippen LogP) is 4.12. The van der Waals surface area contributed by atoms with Crippen LogP contribution in [0.25, 0.3) is 27.9 Å². The lowest BCUT2D eigenvalue weighted by Gasteiger charge is -2.19. The molecule has 8 heteroatoms. The quantitative estimate of drug-likeness (QED) is 0.427. The van der Waals surface area contributed by atoms with Crippen LogP contribution in [0, 0.1) is 0 Å². The van der Waals surface area contributed by atoms with Crippen molar-refractivity contribution in [3.8, 4) is 17.4 Å². The van der Waals surface area contributed by atoms with Crippen LogP contribution >= 0.6 is 0 Å². The Morgan fingerprint density at radius 1 is 0.970 bits per heavy atom. The van der Waals surface area contributed by atoms with Crippen molar-refractivity contribution in [1.82, 2.24) is 23.7 Å². The van der Waals surface area contributed by atoms with Gasteiger partial charge in [-0.15, -0.1) is 0 Å². The van der Waals surface area contributed by atoms with Gasteiger partial charge in [0.25, 0.3) is 0 Å². The summed E-state index contributed by atoms with van der Waals surface area (Å²) in [4.78, 5) is 22.0. The highest BCUT2D eigenvalue weighted by Crippen LogP contribution is 2.28. The van der Waals surface area contributed by atoms with E-state index >= 15 is 0 Å². The van der Waals surface area contributed by atoms with E-state index in [0.29, 0.717) is 36.2 Å². The van der Waals surface area contributed by atoms with Crippen LogP contribution in [0.15, 0.2) is 71.7 Å². The Morgan fingerprint density at radius 3 is 2.42 bits per heavy atom. The zero-order valence-corrected chi connectivity index (χ0v) is 18.8. The fourth-order valence-corrected chi connectivity index (χ4v) is 4.06. The van der Waals surface area contributed by atoms with E-state index in [1.807, 2.05) is 60.0 Å². The van der Waals surface area contributed by atoms with Crippen molar-refractivity contribution in [2.24, 2.45) is 0 Å². The Morgan fingerprint density at radius 2 is 1.70 bits per heavy atom. The molecule has 5 aromatic rings. The molecule has 8 nitrogen and oxygen atoms in total. The van der Waals surface area contributed by atoms with Crippen molar-refractivity contribution in [2.75, 3.05) is 0 Å². The highest BCUT2D eigenvalue weighted by atomic mass is 16.5. The Bertz CT molecular complexity index is 1500. The number of aryl methyl sites for hydroxylation is 1. The molecule has 0 atom stereocenters. The van der Waals surface area contributed by atoms with Crippen molar-refractivity contribution >= 4 is 22.2 Å². The Labute approximate surface area is 190 Å². The standard InChI is InChI=1S/C25H25N5O3/c1-4-28-21-10-7-15-26-22(21)30(24(28)31)17-11-13-18(14-12-17)33-23-27-19-8-5-6-9-20(19)29(23)16-25(2,3)32/h5-15,32H,4,16H2,1-3H3. The second-order valence-corrected chi connectivity index (χ2v) is 8.59. The molecule has 0 fully saturated rings. The summed E-state index contributed by atoms with van der Waals surface area (Å²) in [6.45, 7) is 6.33. The highest BCUT2D eigenvalue weighted by molar-refractivity contribution is 5.77. The second-order valence-electron chi connectivity index (χ2n) is 8.59. The van der Waals surface area contributed by atoms with Gasteiger partial charge in [0.1, 0.15) is 5.75 Å². The molecular formula is C25H25N5O3. The van der Waals surface area contributed by atoms with Gasteiger partial charge < -0.3 is 9.84 Å². The average molecular weight is 444 g/mol. The molecular weight excluding hydrogens is 418 g/mol. The second kappa shape index (κ2) is 7.90. The third-order valence-corrected chi connectivity index (χ3v) is 5.48. The van der Waals surface area contributed by atoms with E-state index in [1.165, 1.54) is 0 Å². The van der Waals surface area contributed by atoms with Gasteiger partial charge in [-0.2, -0.15) is 4.98 Å². The van der Waals surface area contributed by atoms with Crippen LogP contribution in [-0.4, -0.2) is 34.4 Å². The van der Waals surface area contributed by atoms with Crippen LogP contribution in [0.3, 0.4) is 0 Å². The molecule has 0 amide bonds. The topological polar surface area (TPSA) is 87.1 Å². The number of hydrogen-bond acceptors (Lipinski definition) is 5. The van der Waals surface area contributed by atoms with Crippen LogP contribution in [0.4, 0.5) is 0 Å². The number of aliphatic hydroxyl groups is 1. The summed E-state index contributed by atoms with van der Waals surface area (Å²) in [7, 11) is 0. The molecule has 0 saturated carbocycles. The molecule has 0 aliphatic heterocycles. The fraction of sp³-hybridized carbons (Fsp3) is 0.240. The lowest BCUT2D eigenvalue weighted by atomic mass is 10.1. The SMILES string of the molecule is CCn1c(=O)n(-c2ccc(Oc3nc4ccccc4n3CC(C)(C)O)cc2)c2ncccc21. The first-order chi connectivity index (χ1) is 15.9. The van der Waals surface area contributed by atoms with Crippen LogP contribution in [-0.2, 0) is 13.1 Å². The van der Waals surface area contributed by atoms with Crippen molar-refractivity contribution in [2.45, 2.75) is 39.5 Å². The molecule has 2 aromatic carbocycles. The molecule has 0 saturated heterocycles. The lowest BCUT2D eigenvalue weighted by molar-refractivity contribution is 0.0606. The molecule has 33 heavy (non-hydrogen) atoms. The smallest absolute Gasteiger partial charge is 0.334 e. The van der Waals surface area contributed by atoms with Crippen LogP contribution in [0.2, 0.25) is 0 Å². The van der Waals surface area contributed by atoms with Gasteiger partial charge in [0.2, 0.25) is 0 Å². The normalized spacial score (nSPS) is 12.0. The predicted molar refractivity (Wildman–Crippen MR) is 127 cm³/mol. The molecule has 0 aliphatic rings. The van der Waals surface area contributed by atoms with Gasteiger partial charge in [0.15, 0.2) is 5.65 Å². The molecule has 0 unspecified atom stereocenters. The molecule has 1 N–H and O–H groups in total. The molecule has 0 bridgehead atoms. The van der Waals surface area contributed by atoms with Gasteiger partial charge >= 0.3 is 11.7 Å². The third-order valence-electron chi connectivity index (χ3n) is 5.48. The van der Waals surface area contributed by atoms with Crippen molar-refractivity contribution in [1.29, 1.82) is 0 Å². The number of hydrogen-bond donors (Lipinski definition) is 1. The van der Waals surface area contributed by atoms with Crippen LogP contribution in [0.5, 0.6) is 11.8 Å². The molecule has 5 rings (SSSR count). The number of pyridine rings is 1. The number of imidazole rings is 2. The Kier molecular flexibility index (Phi) is 5.02. The zero-order valence-electron chi connectivity index (χ0n) is 18.8. The van der Waals surface area contributed by atoms with E-state index in [1.54, 1.807) is 41.3 Å². The maximum Gasteiger partial charge on any atom is 0.334 e. The van der Waals surface area contributed by atoms with E-state index in [4.69, 9.17) is 4.74 Å². The minimum Gasteiger partial charge on any atom is -0.425 e. The first kappa shape index (κ1) is 21.0. The summed E-state index contributed by atoms with van der Waals surface area (Å²) in [6, 6.07) is 19.1. The maximum absolute atomic E-state index is 13.0. The van der Waals surface area contributed by atoms with E-state index in [2.05, 4.69) is 9.97 Å². The first-order valence-electron chi connectivity index (χ1n) is 10.9. The largest absolute Gasteiger partial charge is 0.425 e. The average Bonchev–Trinajstić information content (AvgIpc) is 3.27. The summed E-state index contributed by atoms with van der Waals surface area (Å²) in [5.74, 6) is 0.575. The molecule has 0 aliphatic carbocycles. The monoisotopic (exact) mass is 443 g/mol. The Hall–Kier alpha value is -3.91. The molecule has 3 aromatic heterocycles. The summed E-state index contributed by atoms with van der Waals surface area (Å²) < 4.78 is 11.3. The molecule has 168 valence electrons. The molecule has 0 spiro atoms.